The van der Waals surface area contributed by atoms with Crippen molar-refractivity contribution in [1.82, 2.24) is 0 Å². The predicted molar refractivity (Wildman–Crippen MR) is 99.3 cm³/mol. The van der Waals surface area contributed by atoms with Crippen molar-refractivity contribution in [2.24, 2.45) is 0 Å². The standard InChI is InChI=1S/C21H32O4/c1-4-17(22)13-18(23)14-20-15-19(24-21(2,3)25-20)12-8-11-16-9-6-5-7-10-16/h4-7,9-10,17-20,22-23H,1,8,11-15H2,2-3H3/t17-,18+,19-,20-/m0/s1. The van der Waals surface area contributed by atoms with E-state index < -0.39 is 18.0 Å². The normalized spacial score (nSPS) is 25.3. The van der Waals surface area contributed by atoms with Crippen LogP contribution in [-0.2, 0) is 15.9 Å². The lowest BCUT2D eigenvalue weighted by Crippen LogP contribution is -2.45. The summed E-state index contributed by atoms with van der Waals surface area (Å²) in [6.07, 6.45) is 4.91. The van der Waals surface area contributed by atoms with E-state index in [4.69, 9.17) is 9.47 Å². The Morgan fingerprint density at radius 3 is 2.56 bits per heavy atom. The third kappa shape index (κ3) is 7.28. The molecule has 4 heteroatoms. The Morgan fingerprint density at radius 2 is 1.88 bits per heavy atom. The van der Waals surface area contributed by atoms with E-state index in [-0.39, 0.29) is 12.2 Å². The molecule has 1 aromatic rings. The summed E-state index contributed by atoms with van der Waals surface area (Å²) in [7, 11) is 0. The van der Waals surface area contributed by atoms with Gasteiger partial charge in [0.2, 0.25) is 0 Å². The zero-order chi connectivity index (χ0) is 18.3. The molecule has 25 heavy (non-hydrogen) atoms. The Hall–Kier alpha value is -1.20. The van der Waals surface area contributed by atoms with Crippen molar-refractivity contribution in [2.75, 3.05) is 0 Å². The Morgan fingerprint density at radius 1 is 1.20 bits per heavy atom. The first-order chi connectivity index (χ1) is 11.9. The average Bonchev–Trinajstić information content (AvgIpc) is 2.54. The molecule has 2 rings (SSSR count). The summed E-state index contributed by atoms with van der Waals surface area (Å²) in [6.45, 7) is 7.39. The molecule has 1 saturated heterocycles. The topological polar surface area (TPSA) is 58.9 Å². The van der Waals surface area contributed by atoms with Gasteiger partial charge in [0.05, 0.1) is 24.4 Å². The third-order valence-electron chi connectivity index (χ3n) is 4.58. The quantitative estimate of drug-likeness (QED) is 0.669. The smallest absolute Gasteiger partial charge is 0.163 e. The fourth-order valence-electron chi connectivity index (χ4n) is 3.49. The minimum Gasteiger partial charge on any atom is -0.393 e. The predicted octanol–water partition coefficient (Wildman–Crippen LogP) is 3.61. The first-order valence-electron chi connectivity index (χ1n) is 9.26. The summed E-state index contributed by atoms with van der Waals surface area (Å²) < 4.78 is 12.0. The Bertz CT molecular complexity index is 514. The number of benzene rings is 1. The first kappa shape index (κ1) is 20.1. The van der Waals surface area contributed by atoms with Gasteiger partial charge in [0.15, 0.2) is 5.79 Å². The zero-order valence-corrected chi connectivity index (χ0v) is 15.4. The second-order valence-corrected chi connectivity index (χ2v) is 7.42. The van der Waals surface area contributed by atoms with Crippen LogP contribution in [0, 0.1) is 0 Å². The van der Waals surface area contributed by atoms with Crippen molar-refractivity contribution in [2.45, 2.75) is 82.6 Å². The van der Waals surface area contributed by atoms with Crippen LogP contribution in [0.15, 0.2) is 43.0 Å². The van der Waals surface area contributed by atoms with E-state index in [1.54, 1.807) is 0 Å². The molecule has 1 fully saturated rings. The summed E-state index contributed by atoms with van der Waals surface area (Å²) in [5.74, 6) is -0.642. The molecule has 0 unspecified atom stereocenters. The lowest BCUT2D eigenvalue weighted by Gasteiger charge is -2.41. The Balaban J connectivity index is 1.81. The molecule has 1 aromatic carbocycles. The number of rotatable bonds is 9. The number of aliphatic hydroxyl groups excluding tert-OH is 2. The van der Waals surface area contributed by atoms with Crippen LogP contribution in [0.1, 0.15) is 51.5 Å². The molecule has 4 atom stereocenters. The van der Waals surface area contributed by atoms with E-state index in [9.17, 15) is 10.2 Å². The zero-order valence-electron chi connectivity index (χ0n) is 15.4. The van der Waals surface area contributed by atoms with Crippen molar-refractivity contribution in [1.29, 1.82) is 0 Å². The second kappa shape index (κ2) is 9.48. The lowest BCUT2D eigenvalue weighted by molar-refractivity contribution is -0.303. The molecular formula is C21H32O4. The lowest BCUT2D eigenvalue weighted by atomic mass is 9.96. The number of aliphatic hydroxyl groups is 2. The summed E-state index contributed by atoms with van der Waals surface area (Å²) in [5.41, 5.74) is 1.35. The molecule has 0 radical (unpaired) electrons. The van der Waals surface area contributed by atoms with Crippen molar-refractivity contribution >= 4 is 0 Å². The van der Waals surface area contributed by atoms with Gasteiger partial charge in [-0.05, 0) is 45.1 Å². The number of hydrogen-bond donors (Lipinski definition) is 2. The van der Waals surface area contributed by atoms with Crippen LogP contribution < -0.4 is 0 Å². The molecule has 0 spiro atoms. The van der Waals surface area contributed by atoms with Gasteiger partial charge in [0.25, 0.3) is 0 Å². The highest BCUT2D eigenvalue weighted by Gasteiger charge is 2.36. The van der Waals surface area contributed by atoms with E-state index >= 15 is 0 Å². The third-order valence-corrected chi connectivity index (χ3v) is 4.58. The molecule has 0 saturated carbocycles. The molecule has 1 heterocycles. The summed E-state index contributed by atoms with van der Waals surface area (Å²) in [6, 6.07) is 10.5. The summed E-state index contributed by atoms with van der Waals surface area (Å²) >= 11 is 0. The van der Waals surface area contributed by atoms with Gasteiger partial charge in [0, 0.05) is 12.8 Å². The highest BCUT2D eigenvalue weighted by Crippen LogP contribution is 2.31. The molecule has 1 aliphatic heterocycles. The van der Waals surface area contributed by atoms with Gasteiger partial charge < -0.3 is 19.7 Å². The molecule has 4 nitrogen and oxygen atoms in total. The van der Waals surface area contributed by atoms with E-state index in [0.717, 1.165) is 25.7 Å². The molecule has 2 N–H and O–H groups in total. The fourth-order valence-corrected chi connectivity index (χ4v) is 3.49. The van der Waals surface area contributed by atoms with Crippen molar-refractivity contribution in [3.63, 3.8) is 0 Å². The summed E-state index contributed by atoms with van der Waals surface area (Å²) in [4.78, 5) is 0. The molecule has 0 aliphatic carbocycles. The monoisotopic (exact) mass is 348 g/mol. The fraction of sp³-hybridized carbons (Fsp3) is 0.619. The van der Waals surface area contributed by atoms with Gasteiger partial charge in [-0.3, -0.25) is 0 Å². The minimum atomic E-state index is -0.676. The SMILES string of the molecule is C=C[C@H](O)C[C@@H](O)C[C@H]1C[C@H](CCCc2ccccc2)OC(C)(C)O1. The van der Waals surface area contributed by atoms with Crippen LogP contribution in [0.5, 0.6) is 0 Å². The molecule has 140 valence electrons. The number of aryl methyl sites for hydroxylation is 1. The molecule has 0 amide bonds. The highest BCUT2D eigenvalue weighted by molar-refractivity contribution is 5.14. The van der Waals surface area contributed by atoms with Gasteiger partial charge in [-0.15, -0.1) is 6.58 Å². The average molecular weight is 348 g/mol. The van der Waals surface area contributed by atoms with Gasteiger partial charge >= 0.3 is 0 Å². The number of hydrogen-bond acceptors (Lipinski definition) is 4. The van der Waals surface area contributed by atoms with Crippen LogP contribution in [0.4, 0.5) is 0 Å². The van der Waals surface area contributed by atoms with Gasteiger partial charge in [-0.1, -0.05) is 36.4 Å². The Labute approximate surface area is 151 Å². The van der Waals surface area contributed by atoms with E-state index in [0.29, 0.717) is 12.8 Å². The largest absolute Gasteiger partial charge is 0.393 e. The van der Waals surface area contributed by atoms with Gasteiger partial charge in [-0.2, -0.15) is 0 Å². The number of ether oxygens (including phenoxy) is 2. The van der Waals surface area contributed by atoms with Gasteiger partial charge in [-0.25, -0.2) is 0 Å². The minimum absolute atomic E-state index is 0.0579. The first-order valence-corrected chi connectivity index (χ1v) is 9.26. The van der Waals surface area contributed by atoms with E-state index in [1.807, 2.05) is 19.9 Å². The maximum atomic E-state index is 10.2. The van der Waals surface area contributed by atoms with Crippen LogP contribution in [-0.4, -0.2) is 40.4 Å². The highest BCUT2D eigenvalue weighted by atomic mass is 16.7. The Kier molecular flexibility index (Phi) is 7.63. The summed E-state index contributed by atoms with van der Waals surface area (Å²) in [5, 5.41) is 19.7. The van der Waals surface area contributed by atoms with Crippen LogP contribution in [0.25, 0.3) is 0 Å². The maximum absolute atomic E-state index is 10.2. The van der Waals surface area contributed by atoms with E-state index in [2.05, 4.69) is 30.8 Å². The van der Waals surface area contributed by atoms with Crippen LogP contribution >= 0.6 is 0 Å². The van der Waals surface area contributed by atoms with Crippen molar-refractivity contribution in [3.8, 4) is 0 Å². The van der Waals surface area contributed by atoms with E-state index in [1.165, 1.54) is 11.6 Å². The molecule has 0 aromatic heterocycles. The van der Waals surface area contributed by atoms with Crippen LogP contribution in [0.3, 0.4) is 0 Å². The van der Waals surface area contributed by atoms with Gasteiger partial charge in [0.1, 0.15) is 0 Å². The second-order valence-electron chi connectivity index (χ2n) is 7.42. The maximum Gasteiger partial charge on any atom is 0.163 e. The molecule has 1 aliphatic rings. The molecule has 0 bridgehead atoms. The van der Waals surface area contributed by atoms with Crippen molar-refractivity contribution in [3.05, 3.63) is 48.6 Å². The van der Waals surface area contributed by atoms with Crippen LogP contribution in [0.2, 0.25) is 0 Å². The van der Waals surface area contributed by atoms with Crippen molar-refractivity contribution < 1.29 is 19.7 Å². The molecular weight excluding hydrogens is 316 g/mol.